The molecule has 2 heterocycles. The van der Waals surface area contributed by atoms with Crippen LogP contribution in [0, 0.1) is 5.92 Å². The Morgan fingerprint density at radius 3 is 2.19 bits per heavy atom. The quantitative estimate of drug-likeness (QED) is 0.624. The number of nitrogens with zero attached hydrogens (tertiary/aromatic N) is 3. The van der Waals surface area contributed by atoms with Crippen LogP contribution in [-0.4, -0.2) is 74.1 Å². The summed E-state index contributed by atoms with van der Waals surface area (Å²) in [4.78, 5) is 26.9. The zero-order chi connectivity index (χ0) is 19.4. The van der Waals surface area contributed by atoms with Crippen molar-refractivity contribution in [1.82, 2.24) is 14.1 Å². The third-order valence-corrected chi connectivity index (χ3v) is 7.61. The fraction of sp³-hybridized carbons (Fsp3) is 0.556. The molecule has 2 amide bonds. The molecule has 0 atom stereocenters. The minimum Gasteiger partial charge on any atom is -0.342 e. The van der Waals surface area contributed by atoms with Crippen molar-refractivity contribution in [1.29, 1.82) is 0 Å². The molecule has 148 valence electrons. The summed E-state index contributed by atoms with van der Waals surface area (Å²) in [5.41, 5.74) is 0.754. The van der Waals surface area contributed by atoms with E-state index in [0.717, 1.165) is 16.4 Å². The van der Waals surface area contributed by atoms with Crippen molar-refractivity contribution in [3.05, 3.63) is 34.3 Å². The van der Waals surface area contributed by atoms with Crippen molar-refractivity contribution in [2.45, 2.75) is 18.6 Å². The molecular formula is C18H24BrN3O4S. The van der Waals surface area contributed by atoms with E-state index in [-0.39, 0.29) is 17.6 Å². The Balaban J connectivity index is 1.52. The maximum absolute atomic E-state index is 12.7. The first kappa shape index (κ1) is 20.3. The second-order valence-electron chi connectivity index (χ2n) is 7.02. The van der Waals surface area contributed by atoms with Crippen LogP contribution in [0.25, 0.3) is 0 Å². The molecule has 0 unspecified atom stereocenters. The number of halogens is 1. The molecule has 2 aliphatic heterocycles. The number of benzene rings is 1. The highest BCUT2D eigenvalue weighted by atomic mass is 79.9. The molecule has 0 bridgehead atoms. The normalized spacial score (nSPS) is 19.9. The van der Waals surface area contributed by atoms with Crippen molar-refractivity contribution in [3.8, 4) is 0 Å². The number of hydrogen-bond acceptors (Lipinski definition) is 4. The van der Waals surface area contributed by atoms with Crippen LogP contribution in [0.1, 0.15) is 18.4 Å². The fourth-order valence-electron chi connectivity index (χ4n) is 3.57. The molecule has 2 saturated heterocycles. The lowest BCUT2D eigenvalue weighted by Crippen LogP contribution is -2.51. The molecule has 9 heteroatoms. The van der Waals surface area contributed by atoms with E-state index in [1.807, 2.05) is 12.1 Å². The maximum atomic E-state index is 12.7. The lowest BCUT2D eigenvalue weighted by atomic mass is 9.96. The van der Waals surface area contributed by atoms with Gasteiger partial charge in [0.25, 0.3) is 0 Å². The SMILES string of the molecule is O=CN1CCN(C(=O)C2CCN(S(=O)(=O)Cc3ccc(Br)cc3)CC2)CC1. The first-order chi connectivity index (χ1) is 12.9. The number of piperidine rings is 1. The Kier molecular flexibility index (Phi) is 6.54. The van der Waals surface area contributed by atoms with Gasteiger partial charge in [0.05, 0.1) is 5.75 Å². The summed E-state index contributed by atoms with van der Waals surface area (Å²) < 4.78 is 27.8. The van der Waals surface area contributed by atoms with E-state index in [1.165, 1.54) is 4.31 Å². The van der Waals surface area contributed by atoms with Crippen LogP contribution in [0.2, 0.25) is 0 Å². The third-order valence-electron chi connectivity index (χ3n) is 5.23. The molecule has 0 aromatic heterocycles. The molecule has 1 aromatic rings. The van der Waals surface area contributed by atoms with Gasteiger partial charge in [-0.25, -0.2) is 12.7 Å². The number of amides is 2. The summed E-state index contributed by atoms with van der Waals surface area (Å²) in [6, 6.07) is 7.27. The Morgan fingerprint density at radius 2 is 1.63 bits per heavy atom. The lowest BCUT2D eigenvalue weighted by Gasteiger charge is -2.37. The van der Waals surface area contributed by atoms with Gasteiger partial charge in [0.2, 0.25) is 22.3 Å². The molecule has 27 heavy (non-hydrogen) atoms. The number of sulfonamides is 1. The van der Waals surface area contributed by atoms with Crippen LogP contribution >= 0.6 is 15.9 Å². The zero-order valence-electron chi connectivity index (χ0n) is 15.1. The van der Waals surface area contributed by atoms with Gasteiger partial charge in [-0.2, -0.15) is 0 Å². The number of carbonyl (C=O) groups excluding carboxylic acids is 2. The highest BCUT2D eigenvalue weighted by molar-refractivity contribution is 9.10. The molecule has 2 fully saturated rings. The Hall–Kier alpha value is -1.45. The van der Waals surface area contributed by atoms with Crippen LogP contribution < -0.4 is 0 Å². The first-order valence-corrected chi connectivity index (χ1v) is 11.5. The molecule has 7 nitrogen and oxygen atoms in total. The Labute approximate surface area is 168 Å². The Morgan fingerprint density at radius 1 is 1.04 bits per heavy atom. The predicted octanol–water partition coefficient (Wildman–Crippen LogP) is 1.29. The van der Waals surface area contributed by atoms with Gasteiger partial charge in [-0.3, -0.25) is 9.59 Å². The average molecular weight is 458 g/mol. The minimum atomic E-state index is -3.39. The van der Waals surface area contributed by atoms with Gasteiger partial charge >= 0.3 is 0 Å². The van der Waals surface area contributed by atoms with E-state index in [2.05, 4.69) is 15.9 Å². The van der Waals surface area contributed by atoms with Crippen molar-refractivity contribution in [2.75, 3.05) is 39.3 Å². The van der Waals surface area contributed by atoms with Crippen LogP contribution in [0.15, 0.2) is 28.7 Å². The van der Waals surface area contributed by atoms with Crippen LogP contribution in [-0.2, 0) is 25.4 Å². The van der Waals surface area contributed by atoms with Crippen LogP contribution in [0.5, 0.6) is 0 Å². The fourth-order valence-corrected chi connectivity index (χ4v) is 5.40. The van der Waals surface area contributed by atoms with Gasteiger partial charge in [-0.1, -0.05) is 28.1 Å². The summed E-state index contributed by atoms with van der Waals surface area (Å²) in [6.45, 7) is 3.00. The topological polar surface area (TPSA) is 78.0 Å². The van der Waals surface area contributed by atoms with E-state index in [0.29, 0.717) is 52.1 Å². The molecular weight excluding hydrogens is 434 g/mol. The second-order valence-corrected chi connectivity index (χ2v) is 9.91. The summed E-state index contributed by atoms with van der Waals surface area (Å²) in [5.74, 6) is -0.0653. The van der Waals surface area contributed by atoms with Gasteiger partial charge in [0, 0.05) is 49.7 Å². The van der Waals surface area contributed by atoms with E-state index >= 15 is 0 Å². The van der Waals surface area contributed by atoms with Crippen molar-refractivity contribution in [2.24, 2.45) is 5.92 Å². The number of piperazine rings is 1. The monoisotopic (exact) mass is 457 g/mol. The molecule has 0 spiro atoms. The van der Waals surface area contributed by atoms with Crippen LogP contribution in [0.3, 0.4) is 0 Å². The lowest BCUT2D eigenvalue weighted by molar-refractivity contribution is -0.140. The molecule has 2 aliphatic rings. The van der Waals surface area contributed by atoms with Gasteiger partial charge in [0.1, 0.15) is 0 Å². The summed E-state index contributed by atoms with van der Waals surface area (Å²) in [7, 11) is -3.39. The highest BCUT2D eigenvalue weighted by Crippen LogP contribution is 2.24. The molecule has 1 aromatic carbocycles. The van der Waals surface area contributed by atoms with E-state index in [4.69, 9.17) is 0 Å². The molecule has 0 radical (unpaired) electrons. The smallest absolute Gasteiger partial charge is 0.225 e. The van der Waals surface area contributed by atoms with Crippen molar-refractivity contribution >= 4 is 38.3 Å². The molecule has 0 N–H and O–H groups in total. The molecule has 0 saturated carbocycles. The predicted molar refractivity (Wildman–Crippen MR) is 105 cm³/mol. The highest BCUT2D eigenvalue weighted by Gasteiger charge is 2.33. The summed E-state index contributed by atoms with van der Waals surface area (Å²) in [5, 5.41) is 0. The molecule has 0 aliphatic carbocycles. The van der Waals surface area contributed by atoms with E-state index < -0.39 is 10.0 Å². The van der Waals surface area contributed by atoms with Crippen LogP contribution in [0.4, 0.5) is 0 Å². The second kappa shape index (κ2) is 8.70. The maximum Gasteiger partial charge on any atom is 0.225 e. The average Bonchev–Trinajstić information content (AvgIpc) is 2.69. The van der Waals surface area contributed by atoms with Gasteiger partial charge in [-0.15, -0.1) is 0 Å². The zero-order valence-corrected chi connectivity index (χ0v) is 17.5. The van der Waals surface area contributed by atoms with Gasteiger partial charge in [-0.05, 0) is 30.5 Å². The van der Waals surface area contributed by atoms with E-state index in [1.54, 1.807) is 21.9 Å². The first-order valence-electron chi connectivity index (χ1n) is 9.09. The van der Waals surface area contributed by atoms with Crippen molar-refractivity contribution < 1.29 is 18.0 Å². The van der Waals surface area contributed by atoms with Gasteiger partial charge < -0.3 is 9.80 Å². The largest absolute Gasteiger partial charge is 0.342 e. The molecule has 3 rings (SSSR count). The minimum absolute atomic E-state index is 0.0213. The Bertz CT molecular complexity index is 768. The summed E-state index contributed by atoms with van der Waals surface area (Å²) in [6.07, 6.45) is 1.91. The van der Waals surface area contributed by atoms with E-state index in [9.17, 15) is 18.0 Å². The number of hydrogen-bond donors (Lipinski definition) is 0. The number of rotatable bonds is 5. The standard InChI is InChI=1S/C18H24BrN3O4S/c19-17-3-1-15(2-4-17)13-27(25,26)22-7-5-16(6-8-22)18(24)21-11-9-20(14-23)10-12-21/h1-4,14,16H,5-13H2. The third kappa shape index (κ3) is 5.08. The van der Waals surface area contributed by atoms with Gasteiger partial charge in [0.15, 0.2) is 0 Å². The number of carbonyl (C=O) groups is 2. The van der Waals surface area contributed by atoms with Crippen molar-refractivity contribution in [3.63, 3.8) is 0 Å². The summed E-state index contributed by atoms with van der Waals surface area (Å²) >= 11 is 3.35.